The minimum Gasteiger partial charge on any atom is -0.418 e. The lowest BCUT2D eigenvalue weighted by atomic mass is 10.3. The van der Waals surface area contributed by atoms with Gasteiger partial charge in [-0.25, -0.2) is 0 Å². The lowest BCUT2D eigenvalue weighted by Gasteiger charge is -2.07. The Kier molecular flexibility index (Phi) is 4.94. The molecule has 0 spiro atoms. The molecule has 0 aromatic carbocycles. The summed E-state index contributed by atoms with van der Waals surface area (Å²) in [5, 5.41) is 11.5. The average Bonchev–Trinajstić information content (AvgIpc) is 2.94. The largest absolute Gasteiger partial charge is 0.418 e. The third-order valence-electron chi connectivity index (χ3n) is 2.37. The van der Waals surface area contributed by atoms with E-state index in [-0.39, 0.29) is 6.04 Å². The van der Waals surface area contributed by atoms with E-state index in [4.69, 9.17) is 4.42 Å². The van der Waals surface area contributed by atoms with Gasteiger partial charge in [0.1, 0.15) is 0 Å². The number of aromatic nitrogens is 2. The van der Waals surface area contributed by atoms with E-state index < -0.39 is 0 Å². The molecule has 1 atom stereocenters. The van der Waals surface area contributed by atoms with Crippen molar-refractivity contribution in [3.63, 3.8) is 0 Å². The molecule has 1 unspecified atom stereocenters. The van der Waals surface area contributed by atoms with Crippen LogP contribution in [0.3, 0.4) is 0 Å². The molecule has 0 saturated heterocycles. The Labute approximate surface area is 126 Å². The molecule has 7 heteroatoms. The predicted molar refractivity (Wildman–Crippen MR) is 79.7 cm³/mol. The summed E-state index contributed by atoms with van der Waals surface area (Å²) >= 11 is 8.46. The molecule has 0 aliphatic heterocycles. The highest BCUT2D eigenvalue weighted by atomic mass is 79.9. The van der Waals surface area contributed by atoms with E-state index in [1.807, 2.05) is 13.0 Å². The molecule has 0 aliphatic carbocycles. The number of thiophene rings is 1. The molecule has 98 valence electrons. The van der Waals surface area contributed by atoms with Gasteiger partial charge >= 0.3 is 0 Å². The van der Waals surface area contributed by atoms with Crippen molar-refractivity contribution in [1.29, 1.82) is 0 Å². The van der Waals surface area contributed by atoms with Crippen molar-refractivity contribution in [2.75, 3.05) is 6.54 Å². The van der Waals surface area contributed by atoms with Gasteiger partial charge in [-0.05, 0) is 57.8 Å². The summed E-state index contributed by atoms with van der Waals surface area (Å²) in [6, 6.07) is 2.05. The smallest absolute Gasteiger partial charge is 0.257 e. The van der Waals surface area contributed by atoms with Crippen LogP contribution in [0.1, 0.15) is 32.2 Å². The van der Waals surface area contributed by atoms with Crippen LogP contribution in [-0.4, -0.2) is 16.7 Å². The quantitative estimate of drug-likeness (QED) is 0.817. The van der Waals surface area contributed by atoms with E-state index in [0.29, 0.717) is 11.8 Å². The van der Waals surface area contributed by atoms with Crippen LogP contribution in [0.5, 0.6) is 0 Å². The second-order valence-corrected chi connectivity index (χ2v) is 7.08. The van der Waals surface area contributed by atoms with Gasteiger partial charge in [0.15, 0.2) is 0 Å². The van der Waals surface area contributed by atoms with Gasteiger partial charge in [-0.15, -0.1) is 21.5 Å². The zero-order valence-corrected chi connectivity index (χ0v) is 14.0. The number of hydrogen-bond acceptors (Lipinski definition) is 5. The Morgan fingerprint density at radius 1 is 1.44 bits per heavy atom. The number of nitrogens with zero attached hydrogens (tertiary/aromatic N) is 2. The van der Waals surface area contributed by atoms with Crippen LogP contribution in [-0.2, 0) is 0 Å². The first-order valence-electron chi connectivity index (χ1n) is 5.63. The van der Waals surface area contributed by atoms with Crippen molar-refractivity contribution < 1.29 is 4.42 Å². The summed E-state index contributed by atoms with van der Waals surface area (Å²) in [5.41, 5.74) is 0. The third kappa shape index (κ3) is 3.20. The Balaban J connectivity index is 2.14. The number of hydrogen-bond donors (Lipinski definition) is 1. The third-order valence-corrected chi connectivity index (χ3v) is 5.61. The van der Waals surface area contributed by atoms with Crippen molar-refractivity contribution in [2.45, 2.75) is 26.3 Å². The van der Waals surface area contributed by atoms with Gasteiger partial charge in [-0.1, -0.05) is 6.92 Å². The van der Waals surface area contributed by atoms with Crippen LogP contribution in [0.15, 0.2) is 18.7 Å². The first kappa shape index (κ1) is 14.2. The average molecular weight is 395 g/mol. The van der Waals surface area contributed by atoms with E-state index in [1.165, 1.54) is 0 Å². The van der Waals surface area contributed by atoms with Crippen molar-refractivity contribution in [1.82, 2.24) is 15.5 Å². The molecule has 0 amide bonds. The van der Waals surface area contributed by atoms with E-state index in [0.717, 1.165) is 26.1 Å². The highest BCUT2D eigenvalue weighted by Crippen LogP contribution is 2.37. The minimum absolute atomic E-state index is 0.0815. The van der Waals surface area contributed by atoms with Crippen LogP contribution in [0.2, 0.25) is 0 Å². The van der Waals surface area contributed by atoms with Gasteiger partial charge in [0.2, 0.25) is 5.89 Å². The molecular weight excluding hydrogens is 382 g/mol. The van der Waals surface area contributed by atoms with E-state index in [1.54, 1.807) is 11.3 Å². The second kappa shape index (κ2) is 6.27. The standard InChI is InChI=1S/C11H13Br2N3OS/c1-3-4-14-6(2)10-15-16-11(17-10)8-5-7(12)9(13)18-8/h5-6,14H,3-4H2,1-2H3. The fourth-order valence-electron chi connectivity index (χ4n) is 1.41. The summed E-state index contributed by atoms with van der Waals surface area (Å²) in [7, 11) is 0. The van der Waals surface area contributed by atoms with Gasteiger partial charge in [0.05, 0.1) is 14.7 Å². The van der Waals surface area contributed by atoms with Crippen molar-refractivity contribution in [2.24, 2.45) is 0 Å². The first-order valence-corrected chi connectivity index (χ1v) is 8.04. The summed E-state index contributed by atoms with van der Waals surface area (Å²) in [6.45, 7) is 5.09. The van der Waals surface area contributed by atoms with Crippen LogP contribution in [0.4, 0.5) is 0 Å². The predicted octanol–water partition coefficient (Wildman–Crippen LogP) is 4.38. The number of nitrogens with one attached hydrogen (secondary N) is 1. The van der Waals surface area contributed by atoms with Crippen LogP contribution in [0, 0.1) is 0 Å². The summed E-state index contributed by atoms with van der Waals surface area (Å²) in [4.78, 5) is 0.954. The van der Waals surface area contributed by atoms with Gasteiger partial charge in [-0.3, -0.25) is 0 Å². The molecule has 0 radical (unpaired) electrons. The molecule has 2 aromatic heterocycles. The number of rotatable bonds is 5. The van der Waals surface area contributed by atoms with E-state index in [2.05, 4.69) is 54.3 Å². The zero-order chi connectivity index (χ0) is 13.1. The first-order chi connectivity index (χ1) is 8.61. The molecular formula is C11H13Br2N3OS. The zero-order valence-electron chi connectivity index (χ0n) is 10.0. The summed E-state index contributed by atoms with van der Waals surface area (Å²) in [5.74, 6) is 1.19. The fraction of sp³-hybridized carbons (Fsp3) is 0.455. The molecule has 0 saturated carbocycles. The second-order valence-electron chi connectivity index (χ2n) is 3.85. The molecule has 1 N–H and O–H groups in total. The Hall–Kier alpha value is -0.240. The van der Waals surface area contributed by atoms with E-state index in [9.17, 15) is 0 Å². The maximum atomic E-state index is 5.68. The van der Waals surface area contributed by atoms with Crippen LogP contribution < -0.4 is 5.32 Å². The highest BCUT2D eigenvalue weighted by molar-refractivity contribution is 9.13. The van der Waals surface area contributed by atoms with Crippen molar-refractivity contribution in [3.05, 3.63) is 20.2 Å². The molecule has 2 rings (SSSR count). The monoisotopic (exact) mass is 393 g/mol. The molecule has 2 aromatic rings. The molecule has 2 heterocycles. The lowest BCUT2D eigenvalue weighted by molar-refractivity contribution is 0.423. The van der Waals surface area contributed by atoms with Gasteiger partial charge in [0.25, 0.3) is 5.89 Å². The topological polar surface area (TPSA) is 51.0 Å². The van der Waals surface area contributed by atoms with Gasteiger partial charge in [0, 0.05) is 4.47 Å². The van der Waals surface area contributed by atoms with Gasteiger partial charge in [-0.2, -0.15) is 0 Å². The van der Waals surface area contributed by atoms with Crippen LogP contribution >= 0.6 is 43.2 Å². The lowest BCUT2D eigenvalue weighted by Crippen LogP contribution is -2.19. The summed E-state index contributed by atoms with van der Waals surface area (Å²) in [6.07, 6.45) is 1.08. The van der Waals surface area contributed by atoms with Gasteiger partial charge < -0.3 is 9.73 Å². The normalized spacial score (nSPS) is 12.9. The molecule has 0 bridgehead atoms. The maximum absolute atomic E-state index is 5.68. The maximum Gasteiger partial charge on any atom is 0.257 e. The molecule has 0 fully saturated rings. The Morgan fingerprint density at radius 2 is 2.22 bits per heavy atom. The summed E-state index contributed by atoms with van der Waals surface area (Å²) < 4.78 is 7.70. The van der Waals surface area contributed by atoms with E-state index >= 15 is 0 Å². The molecule has 4 nitrogen and oxygen atoms in total. The fourth-order valence-corrected chi connectivity index (χ4v) is 3.37. The Bertz CT molecular complexity index is 507. The van der Waals surface area contributed by atoms with Crippen molar-refractivity contribution in [3.8, 4) is 10.8 Å². The molecule has 0 aliphatic rings. The number of halogens is 2. The Morgan fingerprint density at radius 3 is 2.83 bits per heavy atom. The highest BCUT2D eigenvalue weighted by Gasteiger charge is 2.16. The minimum atomic E-state index is 0.0815. The SMILES string of the molecule is CCCNC(C)c1nnc(-c2cc(Br)c(Br)s2)o1. The van der Waals surface area contributed by atoms with Crippen LogP contribution in [0.25, 0.3) is 10.8 Å². The van der Waals surface area contributed by atoms with Crippen molar-refractivity contribution >= 4 is 43.2 Å². The molecule has 18 heavy (non-hydrogen) atoms.